The first kappa shape index (κ1) is 23.8. The molecule has 7 nitrogen and oxygen atoms in total. The first-order valence-electron chi connectivity index (χ1n) is 9.52. The fourth-order valence-corrected chi connectivity index (χ4v) is 2.53. The normalized spacial score (nSPS) is 11.0. The molecule has 0 atom stereocenters. The molecular formula is C22H31N3O4. The minimum Gasteiger partial charge on any atom is -0.505 e. The molecule has 2 rings (SSSR count). The number of hydrogen-bond donors (Lipinski definition) is 3. The Bertz CT molecular complexity index is 882. The van der Waals surface area contributed by atoms with Crippen LogP contribution >= 0.6 is 0 Å². The molecule has 0 aliphatic heterocycles. The van der Waals surface area contributed by atoms with Gasteiger partial charge in [0.1, 0.15) is 17.2 Å². The van der Waals surface area contributed by atoms with E-state index in [1.807, 2.05) is 32.9 Å². The maximum absolute atomic E-state index is 12.2. The van der Waals surface area contributed by atoms with Crippen LogP contribution in [0.1, 0.15) is 49.6 Å². The van der Waals surface area contributed by atoms with Gasteiger partial charge in [0.05, 0.1) is 17.8 Å². The third kappa shape index (κ3) is 6.41. The predicted molar refractivity (Wildman–Crippen MR) is 115 cm³/mol. The van der Waals surface area contributed by atoms with Gasteiger partial charge in [-0.15, -0.1) is 0 Å². The minimum absolute atomic E-state index is 0.157. The second-order valence-electron chi connectivity index (χ2n) is 6.45. The summed E-state index contributed by atoms with van der Waals surface area (Å²) in [5.41, 5.74) is 1.33. The Labute approximate surface area is 172 Å². The Hall–Kier alpha value is -3.22. The van der Waals surface area contributed by atoms with Crippen LogP contribution in [-0.4, -0.2) is 35.8 Å². The highest BCUT2D eigenvalue weighted by Gasteiger charge is 2.18. The summed E-state index contributed by atoms with van der Waals surface area (Å²) in [4.78, 5) is 25.6. The van der Waals surface area contributed by atoms with E-state index in [2.05, 4.69) is 10.6 Å². The maximum Gasteiger partial charge on any atom is 0.257 e. The molecule has 0 saturated heterocycles. The first-order chi connectivity index (χ1) is 13.7. The average molecular weight is 402 g/mol. The van der Waals surface area contributed by atoms with Gasteiger partial charge in [-0.3, -0.25) is 9.59 Å². The lowest BCUT2D eigenvalue weighted by Gasteiger charge is -2.17. The molecule has 0 saturated carbocycles. The molecule has 3 N–H and O–H groups in total. The van der Waals surface area contributed by atoms with Crippen LogP contribution in [0.2, 0.25) is 0 Å². The number of rotatable bonds is 7. The lowest BCUT2D eigenvalue weighted by molar-refractivity contribution is -0.113. The molecule has 0 aliphatic carbocycles. The summed E-state index contributed by atoms with van der Waals surface area (Å²) in [5, 5.41) is 16.5. The van der Waals surface area contributed by atoms with Crippen molar-refractivity contribution >= 4 is 17.4 Å². The van der Waals surface area contributed by atoms with Gasteiger partial charge < -0.3 is 25.1 Å². The highest BCUT2D eigenvalue weighted by atomic mass is 16.3. The zero-order chi connectivity index (χ0) is 22.1. The number of aryl methyl sites for hydroxylation is 1. The standard InChI is InChI=1S/C20H25N3O4.C2H6/c1-12-9-10-15(27-12)11-21-13(2)18(14(3)24)22-17-8-6-7-16(19(17)25)20(26)23(4)5;1-2/h6-10,21-22,25H,11H2,1-5H3;1-2H3/b18-13-;. The van der Waals surface area contributed by atoms with Gasteiger partial charge in [-0.05, 0) is 38.1 Å². The number of ketones is 1. The number of benzene rings is 1. The highest BCUT2D eigenvalue weighted by Crippen LogP contribution is 2.29. The van der Waals surface area contributed by atoms with Crippen molar-refractivity contribution in [1.82, 2.24) is 10.2 Å². The monoisotopic (exact) mass is 401 g/mol. The number of amides is 1. The average Bonchev–Trinajstić information content (AvgIpc) is 3.11. The van der Waals surface area contributed by atoms with Crippen LogP contribution in [0, 0.1) is 6.92 Å². The van der Waals surface area contributed by atoms with Crippen LogP contribution in [0.15, 0.2) is 46.1 Å². The zero-order valence-corrected chi connectivity index (χ0v) is 18.2. The lowest BCUT2D eigenvalue weighted by Crippen LogP contribution is -2.22. The van der Waals surface area contributed by atoms with E-state index in [4.69, 9.17) is 4.42 Å². The molecule has 7 heteroatoms. The Morgan fingerprint density at radius 3 is 2.28 bits per heavy atom. The SMILES string of the molecule is CC.CC(=O)/C(Nc1cccc(C(=O)N(C)C)c1O)=C(\C)NCc1ccc(C)o1. The van der Waals surface area contributed by atoms with Crippen molar-refractivity contribution in [3.8, 4) is 5.75 Å². The van der Waals surface area contributed by atoms with Gasteiger partial charge in [-0.2, -0.15) is 0 Å². The van der Waals surface area contributed by atoms with E-state index >= 15 is 0 Å². The number of furan rings is 1. The molecule has 1 heterocycles. The van der Waals surface area contributed by atoms with Crippen LogP contribution in [0.3, 0.4) is 0 Å². The number of allylic oxidation sites excluding steroid dienone is 2. The molecule has 0 unspecified atom stereocenters. The predicted octanol–water partition coefficient (Wildman–Crippen LogP) is 4.04. The van der Waals surface area contributed by atoms with Gasteiger partial charge >= 0.3 is 0 Å². The van der Waals surface area contributed by atoms with Gasteiger partial charge in [0.15, 0.2) is 11.5 Å². The van der Waals surface area contributed by atoms with Crippen molar-refractivity contribution in [2.75, 3.05) is 19.4 Å². The van der Waals surface area contributed by atoms with E-state index in [1.165, 1.54) is 17.9 Å². The van der Waals surface area contributed by atoms with Gasteiger partial charge in [0.25, 0.3) is 5.91 Å². The molecule has 0 spiro atoms. The second kappa shape index (κ2) is 10.9. The van der Waals surface area contributed by atoms with Crippen molar-refractivity contribution in [2.45, 2.75) is 41.2 Å². The molecule has 0 radical (unpaired) electrons. The van der Waals surface area contributed by atoms with Crippen LogP contribution < -0.4 is 10.6 Å². The van der Waals surface area contributed by atoms with Crippen LogP contribution in [-0.2, 0) is 11.3 Å². The Morgan fingerprint density at radius 1 is 1.10 bits per heavy atom. The quantitative estimate of drug-likeness (QED) is 0.479. The van der Waals surface area contributed by atoms with Gasteiger partial charge in [-0.25, -0.2) is 0 Å². The largest absolute Gasteiger partial charge is 0.505 e. The number of carbonyl (C=O) groups excluding carboxylic acids is 2. The highest BCUT2D eigenvalue weighted by molar-refractivity contribution is 6.00. The van der Waals surface area contributed by atoms with Crippen molar-refractivity contribution < 1.29 is 19.1 Å². The molecule has 1 amide bonds. The maximum atomic E-state index is 12.2. The molecule has 1 aromatic carbocycles. The van der Waals surface area contributed by atoms with Crippen LogP contribution in [0.5, 0.6) is 5.75 Å². The number of para-hydroxylation sites is 1. The number of hydrogen-bond acceptors (Lipinski definition) is 6. The summed E-state index contributed by atoms with van der Waals surface area (Å²) in [6.07, 6.45) is 0. The molecule has 1 aromatic heterocycles. The number of phenolic OH excluding ortho intramolecular Hbond substituents is 1. The van der Waals surface area contributed by atoms with Crippen molar-refractivity contribution in [3.63, 3.8) is 0 Å². The fraction of sp³-hybridized carbons (Fsp3) is 0.364. The molecular weight excluding hydrogens is 370 g/mol. The second-order valence-corrected chi connectivity index (χ2v) is 6.45. The summed E-state index contributed by atoms with van der Waals surface area (Å²) in [7, 11) is 3.21. The van der Waals surface area contributed by atoms with Crippen molar-refractivity contribution in [1.29, 1.82) is 0 Å². The van der Waals surface area contributed by atoms with E-state index in [-0.39, 0.29) is 28.7 Å². The van der Waals surface area contributed by atoms with Crippen LogP contribution in [0.4, 0.5) is 5.69 Å². The molecule has 0 fully saturated rings. The third-order valence-corrected chi connectivity index (χ3v) is 3.98. The summed E-state index contributed by atoms with van der Waals surface area (Å²) < 4.78 is 5.50. The molecule has 0 bridgehead atoms. The minimum atomic E-state index is -0.326. The lowest BCUT2D eigenvalue weighted by atomic mass is 10.1. The van der Waals surface area contributed by atoms with E-state index in [0.717, 1.165) is 11.5 Å². The third-order valence-electron chi connectivity index (χ3n) is 3.98. The Kier molecular flexibility index (Phi) is 8.99. The van der Waals surface area contributed by atoms with Crippen molar-refractivity contribution in [2.24, 2.45) is 0 Å². The smallest absolute Gasteiger partial charge is 0.257 e. The number of nitrogens with one attached hydrogen (secondary N) is 2. The number of nitrogens with zero attached hydrogens (tertiary/aromatic N) is 1. The van der Waals surface area contributed by atoms with Gasteiger partial charge in [-0.1, -0.05) is 19.9 Å². The topological polar surface area (TPSA) is 94.8 Å². The summed E-state index contributed by atoms with van der Waals surface area (Å²) >= 11 is 0. The molecule has 158 valence electrons. The first-order valence-corrected chi connectivity index (χ1v) is 9.52. The van der Waals surface area contributed by atoms with E-state index in [1.54, 1.807) is 33.2 Å². The summed E-state index contributed by atoms with van der Waals surface area (Å²) in [6.45, 7) is 9.46. The number of carbonyl (C=O) groups is 2. The molecule has 2 aromatic rings. The molecule has 0 aliphatic rings. The Morgan fingerprint density at radius 2 is 1.76 bits per heavy atom. The number of aromatic hydroxyl groups is 1. The Balaban J connectivity index is 0.00000204. The van der Waals surface area contributed by atoms with E-state index < -0.39 is 0 Å². The van der Waals surface area contributed by atoms with E-state index in [0.29, 0.717) is 17.9 Å². The summed E-state index contributed by atoms with van der Waals surface area (Å²) in [6, 6.07) is 8.51. The van der Waals surface area contributed by atoms with Crippen LogP contribution in [0.25, 0.3) is 0 Å². The van der Waals surface area contributed by atoms with Crippen molar-refractivity contribution in [3.05, 3.63) is 58.8 Å². The fourth-order valence-electron chi connectivity index (χ4n) is 2.53. The van der Waals surface area contributed by atoms with Gasteiger partial charge in [0, 0.05) is 26.7 Å². The summed E-state index contributed by atoms with van der Waals surface area (Å²) in [5.74, 6) is 0.818. The van der Waals surface area contributed by atoms with E-state index in [9.17, 15) is 14.7 Å². The number of phenols is 1. The number of anilines is 1. The molecule has 29 heavy (non-hydrogen) atoms. The number of Topliss-reactive ketones (excluding diaryl/α,β-unsaturated/α-hetero) is 1. The zero-order valence-electron chi connectivity index (χ0n) is 18.2. The van der Waals surface area contributed by atoms with Gasteiger partial charge in [0.2, 0.25) is 0 Å².